The van der Waals surface area contributed by atoms with Crippen LogP contribution in [0.15, 0.2) is 78.9 Å². The number of rotatable bonds is 5. The molecule has 0 spiro atoms. The predicted octanol–water partition coefficient (Wildman–Crippen LogP) is 3.74. The third-order valence-electron chi connectivity index (χ3n) is 3.87. The summed E-state index contributed by atoms with van der Waals surface area (Å²) in [5, 5.41) is 11.4. The highest BCUT2D eigenvalue weighted by molar-refractivity contribution is 5.94. The summed E-state index contributed by atoms with van der Waals surface area (Å²) in [4.78, 5) is 11.8. The number of hydrogen-bond donors (Lipinski definition) is 2. The van der Waals surface area contributed by atoms with Gasteiger partial charge in [-0.2, -0.15) is 0 Å². The van der Waals surface area contributed by atoms with Crippen molar-refractivity contribution in [2.75, 3.05) is 13.2 Å². The van der Waals surface area contributed by atoms with E-state index in [9.17, 15) is 4.79 Å². The van der Waals surface area contributed by atoms with Crippen molar-refractivity contribution in [3.8, 4) is 22.3 Å². The molecule has 0 aliphatic rings. The average Bonchev–Trinajstić information content (AvgIpc) is 2.67. The molecule has 0 aromatic heterocycles. The lowest BCUT2D eigenvalue weighted by molar-refractivity contribution is 0.0945. The molecular weight excluding hydrogens is 298 g/mol. The quantitative estimate of drug-likeness (QED) is 0.753. The summed E-state index contributed by atoms with van der Waals surface area (Å²) in [6.45, 7) is 0.207. The van der Waals surface area contributed by atoms with E-state index in [4.69, 9.17) is 5.11 Å². The zero-order valence-electron chi connectivity index (χ0n) is 13.3. The van der Waals surface area contributed by atoms with Gasteiger partial charge in [-0.3, -0.25) is 4.79 Å². The molecule has 3 aromatic carbocycles. The Bertz CT molecular complexity index is 794. The van der Waals surface area contributed by atoms with Crippen molar-refractivity contribution >= 4 is 5.91 Å². The third kappa shape index (κ3) is 3.70. The van der Waals surface area contributed by atoms with Crippen molar-refractivity contribution in [3.63, 3.8) is 0 Å². The third-order valence-corrected chi connectivity index (χ3v) is 3.87. The van der Waals surface area contributed by atoms with Crippen molar-refractivity contribution < 1.29 is 9.90 Å². The van der Waals surface area contributed by atoms with Crippen LogP contribution in [0.3, 0.4) is 0 Å². The summed E-state index contributed by atoms with van der Waals surface area (Å²) in [5.74, 6) is -0.171. The minimum Gasteiger partial charge on any atom is -0.395 e. The molecule has 0 saturated carbocycles. The number of carbonyl (C=O) groups is 1. The van der Waals surface area contributed by atoms with Gasteiger partial charge in [0.25, 0.3) is 5.91 Å². The van der Waals surface area contributed by atoms with Crippen LogP contribution in [-0.2, 0) is 0 Å². The zero-order chi connectivity index (χ0) is 16.8. The highest BCUT2D eigenvalue weighted by atomic mass is 16.3. The molecule has 2 N–H and O–H groups in total. The lowest BCUT2D eigenvalue weighted by Gasteiger charge is -2.07. The molecule has 0 fully saturated rings. The number of amides is 1. The molecule has 3 heteroatoms. The van der Waals surface area contributed by atoms with E-state index < -0.39 is 0 Å². The summed E-state index contributed by atoms with van der Waals surface area (Å²) in [6, 6.07) is 26.1. The second kappa shape index (κ2) is 7.57. The summed E-state index contributed by atoms with van der Waals surface area (Å²) in [7, 11) is 0. The Balaban J connectivity index is 1.76. The molecule has 0 atom stereocenters. The topological polar surface area (TPSA) is 49.3 Å². The maximum atomic E-state index is 11.8. The van der Waals surface area contributed by atoms with E-state index >= 15 is 0 Å². The van der Waals surface area contributed by atoms with E-state index in [1.54, 1.807) is 12.1 Å². The van der Waals surface area contributed by atoms with Gasteiger partial charge >= 0.3 is 0 Å². The van der Waals surface area contributed by atoms with Crippen molar-refractivity contribution in [2.24, 2.45) is 0 Å². The maximum absolute atomic E-state index is 11.8. The molecule has 120 valence electrons. The van der Waals surface area contributed by atoms with Crippen molar-refractivity contribution in [1.29, 1.82) is 0 Å². The van der Waals surface area contributed by atoms with Crippen LogP contribution in [0.4, 0.5) is 0 Å². The smallest absolute Gasteiger partial charge is 0.251 e. The second-order valence-electron chi connectivity index (χ2n) is 5.50. The molecule has 1 amide bonds. The van der Waals surface area contributed by atoms with E-state index in [1.165, 1.54) is 11.1 Å². The molecule has 0 saturated heterocycles. The van der Waals surface area contributed by atoms with Crippen LogP contribution < -0.4 is 5.32 Å². The fourth-order valence-corrected chi connectivity index (χ4v) is 2.57. The van der Waals surface area contributed by atoms with E-state index in [0.29, 0.717) is 5.56 Å². The SMILES string of the molecule is O=C(NCCO)c1ccc(-c2ccc(-c3ccccc3)cc2)cc1. The van der Waals surface area contributed by atoms with E-state index in [2.05, 4.69) is 41.7 Å². The Morgan fingerprint density at radius 1 is 0.708 bits per heavy atom. The first-order valence-electron chi connectivity index (χ1n) is 7.93. The molecule has 0 unspecified atom stereocenters. The van der Waals surface area contributed by atoms with Gasteiger partial charge in [0, 0.05) is 12.1 Å². The van der Waals surface area contributed by atoms with E-state index in [1.807, 2.05) is 30.3 Å². The number of carbonyl (C=O) groups excluding carboxylic acids is 1. The lowest BCUT2D eigenvalue weighted by Crippen LogP contribution is -2.26. The Labute approximate surface area is 141 Å². The minimum atomic E-state index is -0.171. The number of benzene rings is 3. The first-order valence-corrected chi connectivity index (χ1v) is 7.93. The number of hydrogen-bond acceptors (Lipinski definition) is 2. The van der Waals surface area contributed by atoms with Crippen LogP contribution in [0.1, 0.15) is 10.4 Å². The Kier molecular flexibility index (Phi) is 5.04. The van der Waals surface area contributed by atoms with Crippen LogP contribution in [0, 0.1) is 0 Å². The summed E-state index contributed by atoms with van der Waals surface area (Å²) in [5.41, 5.74) is 5.14. The Morgan fingerprint density at radius 2 is 1.17 bits per heavy atom. The monoisotopic (exact) mass is 317 g/mol. The van der Waals surface area contributed by atoms with Crippen LogP contribution in [0.25, 0.3) is 22.3 Å². The van der Waals surface area contributed by atoms with Crippen LogP contribution >= 0.6 is 0 Å². The zero-order valence-corrected chi connectivity index (χ0v) is 13.3. The van der Waals surface area contributed by atoms with Gasteiger partial charge in [-0.1, -0.05) is 66.7 Å². The molecule has 0 aliphatic carbocycles. The van der Waals surface area contributed by atoms with Gasteiger partial charge < -0.3 is 10.4 Å². The largest absolute Gasteiger partial charge is 0.395 e. The van der Waals surface area contributed by atoms with Crippen molar-refractivity contribution in [2.45, 2.75) is 0 Å². The summed E-state index contributed by atoms with van der Waals surface area (Å²) < 4.78 is 0. The first kappa shape index (κ1) is 16.0. The van der Waals surface area contributed by atoms with Crippen molar-refractivity contribution in [3.05, 3.63) is 84.4 Å². The maximum Gasteiger partial charge on any atom is 0.251 e. The molecule has 3 nitrogen and oxygen atoms in total. The fraction of sp³-hybridized carbons (Fsp3) is 0.0952. The van der Waals surface area contributed by atoms with Gasteiger partial charge in [0.1, 0.15) is 0 Å². The average molecular weight is 317 g/mol. The second-order valence-corrected chi connectivity index (χ2v) is 5.50. The van der Waals surface area contributed by atoms with E-state index in [-0.39, 0.29) is 19.1 Å². The van der Waals surface area contributed by atoms with E-state index in [0.717, 1.165) is 11.1 Å². The van der Waals surface area contributed by atoms with Gasteiger partial charge in [0.05, 0.1) is 6.61 Å². The molecule has 3 rings (SSSR count). The number of aliphatic hydroxyl groups is 1. The predicted molar refractivity (Wildman–Crippen MR) is 96.7 cm³/mol. The van der Waals surface area contributed by atoms with Gasteiger partial charge in [-0.25, -0.2) is 0 Å². The summed E-state index contributed by atoms with van der Waals surface area (Å²) >= 11 is 0. The van der Waals surface area contributed by atoms with Crippen LogP contribution in [-0.4, -0.2) is 24.2 Å². The molecule has 0 radical (unpaired) electrons. The van der Waals surface area contributed by atoms with Gasteiger partial charge in [-0.15, -0.1) is 0 Å². The normalized spacial score (nSPS) is 10.4. The molecule has 3 aromatic rings. The highest BCUT2D eigenvalue weighted by Gasteiger charge is 2.05. The Hall–Kier alpha value is -2.91. The standard InChI is InChI=1S/C21H19NO2/c23-15-14-22-21(24)20-12-10-19(11-13-20)18-8-6-17(7-9-18)16-4-2-1-3-5-16/h1-13,23H,14-15H2,(H,22,24). The van der Waals surface area contributed by atoms with Gasteiger partial charge in [-0.05, 0) is 34.4 Å². The summed E-state index contributed by atoms with van der Waals surface area (Å²) in [6.07, 6.45) is 0. The first-order chi connectivity index (χ1) is 11.8. The highest BCUT2D eigenvalue weighted by Crippen LogP contribution is 2.25. The molecule has 0 bridgehead atoms. The minimum absolute atomic E-state index is 0.0579. The van der Waals surface area contributed by atoms with Crippen LogP contribution in [0.5, 0.6) is 0 Å². The van der Waals surface area contributed by atoms with Crippen LogP contribution in [0.2, 0.25) is 0 Å². The number of nitrogens with one attached hydrogen (secondary N) is 1. The van der Waals surface area contributed by atoms with Crippen molar-refractivity contribution in [1.82, 2.24) is 5.32 Å². The van der Waals surface area contributed by atoms with Gasteiger partial charge in [0.15, 0.2) is 0 Å². The Morgan fingerprint density at radius 3 is 1.67 bits per heavy atom. The number of aliphatic hydroxyl groups excluding tert-OH is 1. The molecule has 0 heterocycles. The molecular formula is C21H19NO2. The lowest BCUT2D eigenvalue weighted by atomic mass is 9.99. The van der Waals surface area contributed by atoms with Gasteiger partial charge in [0.2, 0.25) is 0 Å². The molecule has 24 heavy (non-hydrogen) atoms. The molecule has 0 aliphatic heterocycles. The fourth-order valence-electron chi connectivity index (χ4n) is 2.57.